The molecule has 0 bridgehead atoms. The normalized spacial score (nSPS) is 15.0. The van der Waals surface area contributed by atoms with E-state index >= 15 is 0 Å². The average molecular weight is 281 g/mol. The van der Waals surface area contributed by atoms with E-state index in [0.29, 0.717) is 4.83 Å². The van der Waals surface area contributed by atoms with Gasteiger partial charge in [0.25, 0.3) is 0 Å². The van der Waals surface area contributed by atoms with Gasteiger partial charge >= 0.3 is 0 Å². The van der Waals surface area contributed by atoms with Gasteiger partial charge in [-0.05, 0) is 30.4 Å². The van der Waals surface area contributed by atoms with Gasteiger partial charge in [-0.15, -0.1) is 0 Å². The number of hydrogen-bond donors (Lipinski definition) is 0. The van der Waals surface area contributed by atoms with Crippen molar-refractivity contribution in [3.05, 3.63) is 41.0 Å². The Kier molecular flexibility index (Phi) is 4.37. The van der Waals surface area contributed by atoms with Crippen LogP contribution in [0.3, 0.4) is 0 Å². The zero-order chi connectivity index (χ0) is 12.3. The summed E-state index contributed by atoms with van der Waals surface area (Å²) in [6.45, 7) is 11.0. The third kappa shape index (κ3) is 3.79. The number of benzene rings is 1. The molecule has 1 unspecified atom stereocenters. The Balaban J connectivity index is 2.92. The van der Waals surface area contributed by atoms with E-state index in [4.69, 9.17) is 0 Å². The molecule has 0 aliphatic rings. The SMILES string of the molecule is C/C(=C\c1ccc(C(C)(C)C)cc1)C(C)Br. The predicted octanol–water partition coefficient (Wildman–Crippen LogP) is 5.17. The summed E-state index contributed by atoms with van der Waals surface area (Å²) in [5.41, 5.74) is 4.24. The van der Waals surface area contributed by atoms with Crippen LogP contribution in [-0.2, 0) is 5.41 Å². The molecule has 0 heterocycles. The average Bonchev–Trinajstić information content (AvgIpc) is 2.17. The van der Waals surface area contributed by atoms with Crippen molar-refractivity contribution in [2.45, 2.75) is 44.9 Å². The van der Waals surface area contributed by atoms with Gasteiger partial charge in [-0.25, -0.2) is 0 Å². The first kappa shape index (κ1) is 13.5. The molecule has 0 aromatic heterocycles. The van der Waals surface area contributed by atoms with Crippen molar-refractivity contribution < 1.29 is 0 Å². The van der Waals surface area contributed by atoms with Crippen LogP contribution in [0.4, 0.5) is 0 Å². The fourth-order valence-electron chi connectivity index (χ4n) is 1.46. The van der Waals surface area contributed by atoms with E-state index in [1.807, 2.05) is 0 Å². The van der Waals surface area contributed by atoms with Gasteiger partial charge in [0.05, 0.1) is 0 Å². The third-order valence-corrected chi connectivity index (χ3v) is 3.52. The van der Waals surface area contributed by atoms with Crippen LogP contribution in [0.15, 0.2) is 29.8 Å². The Hall–Kier alpha value is -0.560. The minimum atomic E-state index is 0.236. The van der Waals surface area contributed by atoms with Gasteiger partial charge < -0.3 is 0 Å². The molecule has 0 saturated heterocycles. The van der Waals surface area contributed by atoms with Crippen molar-refractivity contribution in [1.82, 2.24) is 0 Å². The highest BCUT2D eigenvalue weighted by Crippen LogP contribution is 2.23. The number of allylic oxidation sites excluding steroid dienone is 1. The van der Waals surface area contributed by atoms with Crippen molar-refractivity contribution in [3.63, 3.8) is 0 Å². The fourth-order valence-corrected chi connectivity index (χ4v) is 1.59. The largest absolute Gasteiger partial charge is 0.0845 e. The Morgan fingerprint density at radius 2 is 1.69 bits per heavy atom. The summed E-state index contributed by atoms with van der Waals surface area (Å²) < 4.78 is 0. The molecule has 0 spiro atoms. The lowest BCUT2D eigenvalue weighted by Gasteiger charge is -2.18. The number of alkyl halides is 1. The lowest BCUT2D eigenvalue weighted by atomic mass is 9.86. The molecule has 0 nitrogen and oxygen atoms in total. The maximum atomic E-state index is 3.58. The molecule has 0 fully saturated rings. The predicted molar refractivity (Wildman–Crippen MR) is 77.2 cm³/mol. The summed E-state index contributed by atoms with van der Waals surface area (Å²) in [5, 5.41) is 0. The minimum Gasteiger partial charge on any atom is -0.0845 e. The molecule has 1 heteroatoms. The molecule has 1 aromatic carbocycles. The minimum absolute atomic E-state index is 0.236. The standard InChI is InChI=1S/C15H21Br/c1-11(12(2)16)10-13-6-8-14(9-7-13)15(3,4)5/h6-10,12H,1-5H3/b11-10+. The molecule has 0 radical (unpaired) electrons. The lowest BCUT2D eigenvalue weighted by Crippen LogP contribution is -2.10. The molecule has 0 N–H and O–H groups in total. The van der Waals surface area contributed by atoms with Crippen molar-refractivity contribution in [2.24, 2.45) is 0 Å². The van der Waals surface area contributed by atoms with E-state index in [9.17, 15) is 0 Å². The highest BCUT2D eigenvalue weighted by Gasteiger charge is 2.12. The zero-order valence-corrected chi connectivity index (χ0v) is 12.4. The quantitative estimate of drug-likeness (QED) is 0.656. The summed E-state index contributed by atoms with van der Waals surface area (Å²) in [5.74, 6) is 0. The Labute approximate surface area is 108 Å². The lowest BCUT2D eigenvalue weighted by molar-refractivity contribution is 0.590. The van der Waals surface area contributed by atoms with E-state index in [1.54, 1.807) is 0 Å². The first-order valence-corrected chi connectivity index (χ1v) is 6.65. The van der Waals surface area contributed by atoms with Gasteiger partial charge in [0.1, 0.15) is 0 Å². The van der Waals surface area contributed by atoms with Crippen molar-refractivity contribution in [2.75, 3.05) is 0 Å². The molecule has 88 valence electrons. The summed E-state index contributed by atoms with van der Waals surface area (Å²) in [6.07, 6.45) is 2.23. The molecule has 16 heavy (non-hydrogen) atoms. The first-order valence-electron chi connectivity index (χ1n) is 5.73. The Bertz CT molecular complexity index is 363. The van der Waals surface area contributed by atoms with Gasteiger partial charge in [0, 0.05) is 4.83 Å². The van der Waals surface area contributed by atoms with E-state index in [1.165, 1.54) is 16.7 Å². The Morgan fingerprint density at radius 3 is 2.06 bits per heavy atom. The zero-order valence-electron chi connectivity index (χ0n) is 10.8. The van der Waals surface area contributed by atoms with Crippen LogP contribution < -0.4 is 0 Å². The molecule has 0 aliphatic heterocycles. The van der Waals surface area contributed by atoms with E-state index in [-0.39, 0.29) is 5.41 Å². The van der Waals surface area contributed by atoms with Gasteiger partial charge in [0.15, 0.2) is 0 Å². The fraction of sp³-hybridized carbons (Fsp3) is 0.467. The number of rotatable bonds is 2. The van der Waals surface area contributed by atoms with Gasteiger partial charge in [-0.2, -0.15) is 0 Å². The molecule has 0 amide bonds. The molecular formula is C15H21Br. The molecule has 1 atom stereocenters. The Morgan fingerprint density at radius 1 is 1.19 bits per heavy atom. The van der Waals surface area contributed by atoms with E-state index in [0.717, 1.165) is 0 Å². The molecule has 1 rings (SSSR count). The molecule has 1 aromatic rings. The monoisotopic (exact) mass is 280 g/mol. The maximum Gasteiger partial charge on any atom is 0.0326 e. The summed E-state index contributed by atoms with van der Waals surface area (Å²) in [6, 6.07) is 8.83. The number of hydrogen-bond acceptors (Lipinski definition) is 0. The number of halogens is 1. The van der Waals surface area contributed by atoms with Crippen LogP contribution in [0.5, 0.6) is 0 Å². The summed E-state index contributed by atoms with van der Waals surface area (Å²) in [7, 11) is 0. The second kappa shape index (κ2) is 5.18. The van der Waals surface area contributed by atoms with Gasteiger partial charge in [-0.3, -0.25) is 0 Å². The smallest absolute Gasteiger partial charge is 0.0326 e. The maximum absolute atomic E-state index is 3.58. The van der Waals surface area contributed by atoms with Gasteiger partial charge in [-0.1, -0.05) is 72.6 Å². The highest BCUT2D eigenvalue weighted by molar-refractivity contribution is 9.09. The van der Waals surface area contributed by atoms with Crippen LogP contribution in [0.1, 0.15) is 45.7 Å². The summed E-state index contributed by atoms with van der Waals surface area (Å²) >= 11 is 3.58. The van der Waals surface area contributed by atoms with Crippen LogP contribution in [0.25, 0.3) is 6.08 Å². The van der Waals surface area contributed by atoms with Gasteiger partial charge in [0.2, 0.25) is 0 Å². The first-order chi connectivity index (χ1) is 7.30. The highest BCUT2D eigenvalue weighted by atomic mass is 79.9. The van der Waals surface area contributed by atoms with E-state index < -0.39 is 0 Å². The second-order valence-electron chi connectivity index (χ2n) is 5.38. The van der Waals surface area contributed by atoms with E-state index in [2.05, 4.69) is 80.9 Å². The molecule has 0 aliphatic carbocycles. The van der Waals surface area contributed by atoms with Crippen molar-refractivity contribution >= 4 is 22.0 Å². The van der Waals surface area contributed by atoms with Crippen LogP contribution >= 0.6 is 15.9 Å². The van der Waals surface area contributed by atoms with Crippen LogP contribution in [0, 0.1) is 0 Å². The molecule has 0 saturated carbocycles. The summed E-state index contributed by atoms with van der Waals surface area (Å²) in [4.78, 5) is 0.440. The van der Waals surface area contributed by atoms with Crippen molar-refractivity contribution in [1.29, 1.82) is 0 Å². The topological polar surface area (TPSA) is 0 Å². The van der Waals surface area contributed by atoms with Crippen LogP contribution in [0.2, 0.25) is 0 Å². The van der Waals surface area contributed by atoms with Crippen LogP contribution in [-0.4, -0.2) is 4.83 Å². The molecular weight excluding hydrogens is 260 g/mol. The second-order valence-corrected chi connectivity index (χ2v) is 6.75. The third-order valence-electron chi connectivity index (χ3n) is 2.80. The van der Waals surface area contributed by atoms with Crippen molar-refractivity contribution in [3.8, 4) is 0 Å².